The van der Waals surface area contributed by atoms with Crippen molar-refractivity contribution in [2.45, 2.75) is 19.8 Å². The summed E-state index contributed by atoms with van der Waals surface area (Å²) in [5.41, 5.74) is 3.77. The molecule has 0 aliphatic rings. The average molecular weight is 253 g/mol. The van der Waals surface area contributed by atoms with Crippen LogP contribution in [0.15, 0.2) is 36.8 Å². The zero-order valence-electron chi connectivity index (χ0n) is 10.7. The van der Waals surface area contributed by atoms with Gasteiger partial charge in [-0.2, -0.15) is 0 Å². The minimum atomic E-state index is 0.153. The SMILES string of the molecule is Cc1[nH]cnc1CCC(=O)c1c[nH]c2ccccc12. The predicted molar refractivity (Wildman–Crippen MR) is 74.3 cm³/mol. The molecule has 0 saturated heterocycles. The molecule has 96 valence electrons. The van der Waals surface area contributed by atoms with E-state index in [0.717, 1.165) is 27.9 Å². The maximum absolute atomic E-state index is 12.3. The number of H-pyrrole nitrogens is 2. The minimum Gasteiger partial charge on any atom is -0.360 e. The normalized spacial score (nSPS) is 11.0. The number of para-hydroxylation sites is 1. The summed E-state index contributed by atoms with van der Waals surface area (Å²) in [6.45, 7) is 1.97. The van der Waals surface area contributed by atoms with E-state index in [2.05, 4.69) is 15.0 Å². The number of aryl methyl sites for hydroxylation is 2. The van der Waals surface area contributed by atoms with Crippen LogP contribution in [0.1, 0.15) is 28.2 Å². The third-order valence-corrected chi connectivity index (χ3v) is 3.41. The van der Waals surface area contributed by atoms with Crippen molar-refractivity contribution in [2.24, 2.45) is 0 Å². The number of imidazole rings is 1. The lowest BCUT2D eigenvalue weighted by Gasteiger charge is -1.99. The van der Waals surface area contributed by atoms with Crippen LogP contribution in [0.4, 0.5) is 0 Å². The van der Waals surface area contributed by atoms with Gasteiger partial charge in [0.05, 0.1) is 12.0 Å². The Balaban J connectivity index is 1.79. The Morgan fingerprint density at radius 2 is 2.11 bits per heavy atom. The maximum atomic E-state index is 12.3. The van der Waals surface area contributed by atoms with E-state index in [-0.39, 0.29) is 5.78 Å². The number of hydrogen-bond donors (Lipinski definition) is 2. The summed E-state index contributed by atoms with van der Waals surface area (Å²) in [4.78, 5) is 22.6. The third-order valence-electron chi connectivity index (χ3n) is 3.41. The molecule has 0 aliphatic heterocycles. The van der Waals surface area contributed by atoms with E-state index in [1.54, 1.807) is 12.5 Å². The van der Waals surface area contributed by atoms with E-state index in [1.807, 2.05) is 31.2 Å². The van der Waals surface area contributed by atoms with Crippen molar-refractivity contribution in [3.63, 3.8) is 0 Å². The molecule has 19 heavy (non-hydrogen) atoms. The second-order valence-electron chi connectivity index (χ2n) is 4.65. The fourth-order valence-electron chi connectivity index (χ4n) is 2.31. The van der Waals surface area contributed by atoms with Crippen molar-refractivity contribution < 1.29 is 4.79 Å². The standard InChI is InChI=1S/C15H15N3O/c1-10-13(18-9-17-10)6-7-15(19)12-8-16-14-5-3-2-4-11(12)14/h2-5,8-9,16H,6-7H2,1H3,(H,17,18). The summed E-state index contributed by atoms with van der Waals surface area (Å²) in [5, 5.41) is 0.992. The largest absolute Gasteiger partial charge is 0.360 e. The Morgan fingerprint density at radius 1 is 1.26 bits per heavy atom. The number of carbonyl (C=O) groups excluding carboxylic acids is 1. The number of benzene rings is 1. The molecular weight excluding hydrogens is 238 g/mol. The molecule has 2 N–H and O–H groups in total. The van der Waals surface area contributed by atoms with Crippen LogP contribution in [0.25, 0.3) is 10.9 Å². The highest BCUT2D eigenvalue weighted by atomic mass is 16.1. The Kier molecular flexibility index (Phi) is 2.91. The topological polar surface area (TPSA) is 61.5 Å². The van der Waals surface area contributed by atoms with E-state index in [9.17, 15) is 4.79 Å². The van der Waals surface area contributed by atoms with Gasteiger partial charge in [0, 0.05) is 34.8 Å². The molecule has 0 saturated carbocycles. The molecule has 0 radical (unpaired) electrons. The van der Waals surface area contributed by atoms with E-state index in [0.29, 0.717) is 12.8 Å². The van der Waals surface area contributed by atoms with Crippen LogP contribution in [0, 0.1) is 6.92 Å². The summed E-state index contributed by atoms with van der Waals surface area (Å²) in [5.74, 6) is 0.153. The number of carbonyl (C=O) groups is 1. The molecule has 3 rings (SSSR count). The smallest absolute Gasteiger partial charge is 0.165 e. The molecule has 0 unspecified atom stereocenters. The second-order valence-corrected chi connectivity index (χ2v) is 4.65. The predicted octanol–water partition coefficient (Wildman–Crippen LogP) is 3.01. The van der Waals surface area contributed by atoms with Gasteiger partial charge in [-0.1, -0.05) is 18.2 Å². The molecule has 4 heteroatoms. The van der Waals surface area contributed by atoms with Gasteiger partial charge >= 0.3 is 0 Å². The fourth-order valence-corrected chi connectivity index (χ4v) is 2.31. The van der Waals surface area contributed by atoms with Crippen LogP contribution in [-0.4, -0.2) is 20.7 Å². The molecule has 0 amide bonds. The zero-order chi connectivity index (χ0) is 13.2. The minimum absolute atomic E-state index is 0.153. The van der Waals surface area contributed by atoms with Gasteiger partial charge in [-0.05, 0) is 19.4 Å². The number of nitrogens with one attached hydrogen (secondary N) is 2. The van der Waals surface area contributed by atoms with Gasteiger partial charge in [0.15, 0.2) is 5.78 Å². The number of fused-ring (bicyclic) bond motifs is 1. The molecule has 3 aromatic rings. The van der Waals surface area contributed by atoms with Crippen molar-refractivity contribution in [1.29, 1.82) is 0 Å². The number of rotatable bonds is 4. The quantitative estimate of drug-likeness (QED) is 0.702. The monoisotopic (exact) mass is 253 g/mol. The van der Waals surface area contributed by atoms with Crippen LogP contribution < -0.4 is 0 Å². The van der Waals surface area contributed by atoms with E-state index < -0.39 is 0 Å². The van der Waals surface area contributed by atoms with E-state index in [1.165, 1.54) is 0 Å². The maximum Gasteiger partial charge on any atom is 0.165 e. The van der Waals surface area contributed by atoms with Crippen LogP contribution in [-0.2, 0) is 6.42 Å². The summed E-state index contributed by atoms with van der Waals surface area (Å²) in [6.07, 6.45) is 4.62. The van der Waals surface area contributed by atoms with E-state index in [4.69, 9.17) is 0 Å². The highest BCUT2D eigenvalue weighted by Gasteiger charge is 2.12. The van der Waals surface area contributed by atoms with Crippen LogP contribution in [0.2, 0.25) is 0 Å². The molecule has 0 aliphatic carbocycles. The Morgan fingerprint density at radius 3 is 2.89 bits per heavy atom. The van der Waals surface area contributed by atoms with Gasteiger partial charge in [0.1, 0.15) is 0 Å². The number of aromatic nitrogens is 3. The molecule has 4 nitrogen and oxygen atoms in total. The Bertz CT molecular complexity index is 724. The zero-order valence-corrected chi connectivity index (χ0v) is 10.7. The first-order valence-corrected chi connectivity index (χ1v) is 6.34. The third kappa shape index (κ3) is 2.17. The molecule has 0 atom stereocenters. The lowest BCUT2D eigenvalue weighted by molar-refractivity contribution is 0.0984. The molecule has 0 fully saturated rings. The van der Waals surface area contributed by atoms with Gasteiger partial charge < -0.3 is 9.97 Å². The van der Waals surface area contributed by atoms with Crippen molar-refractivity contribution in [3.05, 3.63) is 53.7 Å². The van der Waals surface area contributed by atoms with Crippen LogP contribution in [0.3, 0.4) is 0 Å². The Hall–Kier alpha value is -2.36. The molecule has 2 aromatic heterocycles. The first-order chi connectivity index (χ1) is 9.25. The molecular formula is C15H15N3O. The fraction of sp³-hybridized carbons (Fsp3) is 0.200. The van der Waals surface area contributed by atoms with Crippen LogP contribution >= 0.6 is 0 Å². The summed E-state index contributed by atoms with van der Waals surface area (Å²) >= 11 is 0. The van der Waals surface area contributed by atoms with Gasteiger partial charge in [0.2, 0.25) is 0 Å². The van der Waals surface area contributed by atoms with Gasteiger partial charge in [-0.3, -0.25) is 4.79 Å². The van der Waals surface area contributed by atoms with Crippen molar-refractivity contribution in [3.8, 4) is 0 Å². The lowest BCUT2D eigenvalue weighted by atomic mass is 10.0. The van der Waals surface area contributed by atoms with Gasteiger partial charge in [-0.25, -0.2) is 4.98 Å². The van der Waals surface area contributed by atoms with Crippen molar-refractivity contribution in [1.82, 2.24) is 15.0 Å². The Labute approximate surface area is 110 Å². The molecule has 0 spiro atoms. The van der Waals surface area contributed by atoms with Crippen molar-refractivity contribution >= 4 is 16.7 Å². The number of ketones is 1. The highest BCUT2D eigenvalue weighted by Crippen LogP contribution is 2.19. The summed E-state index contributed by atoms with van der Waals surface area (Å²) in [6, 6.07) is 7.85. The second kappa shape index (κ2) is 4.72. The average Bonchev–Trinajstić information content (AvgIpc) is 3.02. The van der Waals surface area contributed by atoms with Gasteiger partial charge in [-0.15, -0.1) is 0 Å². The highest BCUT2D eigenvalue weighted by molar-refractivity contribution is 6.07. The molecule has 1 aromatic carbocycles. The van der Waals surface area contributed by atoms with E-state index >= 15 is 0 Å². The molecule has 2 heterocycles. The number of hydrogen-bond acceptors (Lipinski definition) is 2. The van der Waals surface area contributed by atoms with Gasteiger partial charge in [0.25, 0.3) is 0 Å². The molecule has 0 bridgehead atoms. The number of aromatic amines is 2. The lowest BCUT2D eigenvalue weighted by Crippen LogP contribution is -2.01. The number of Topliss-reactive ketones (excluding diaryl/α,β-unsaturated/α-hetero) is 1. The first kappa shape index (κ1) is 11.7. The number of nitrogens with zero attached hydrogens (tertiary/aromatic N) is 1. The first-order valence-electron chi connectivity index (χ1n) is 6.34. The summed E-state index contributed by atoms with van der Waals surface area (Å²) in [7, 11) is 0. The van der Waals surface area contributed by atoms with Crippen LogP contribution in [0.5, 0.6) is 0 Å². The van der Waals surface area contributed by atoms with Crippen molar-refractivity contribution in [2.75, 3.05) is 0 Å². The summed E-state index contributed by atoms with van der Waals surface area (Å²) < 4.78 is 0.